The van der Waals surface area contributed by atoms with Crippen LogP contribution in [0.5, 0.6) is 0 Å². The number of unbranched alkanes of at least 4 members (excludes halogenated alkanes) is 2. The van der Waals surface area contributed by atoms with Crippen LogP contribution in [0.15, 0.2) is 0 Å². The fraction of sp³-hybridized carbons (Fsp3) is 0.929. The summed E-state index contributed by atoms with van der Waals surface area (Å²) in [5.41, 5.74) is 5.69. The van der Waals surface area contributed by atoms with Crippen molar-refractivity contribution < 1.29 is 0 Å². The van der Waals surface area contributed by atoms with Gasteiger partial charge in [0.05, 0.1) is 0 Å². The van der Waals surface area contributed by atoms with Crippen LogP contribution in [-0.2, 0) is 0 Å². The maximum absolute atomic E-state index is 7.05. The highest BCUT2D eigenvalue weighted by molar-refractivity contribution is 5.74. The van der Waals surface area contributed by atoms with Crippen LogP contribution < -0.4 is 11.1 Å². The smallest absolute Gasteiger partial charge is 0.185 e. The highest BCUT2D eigenvalue weighted by Crippen LogP contribution is 2.33. The van der Waals surface area contributed by atoms with E-state index in [-0.39, 0.29) is 5.96 Å². The number of nitrogens with one attached hydrogen (secondary N) is 2. The van der Waals surface area contributed by atoms with E-state index in [4.69, 9.17) is 11.1 Å². The molecule has 0 aromatic carbocycles. The molecule has 0 radical (unpaired) electrons. The first-order valence-electron chi connectivity index (χ1n) is 7.20. The van der Waals surface area contributed by atoms with E-state index >= 15 is 0 Å². The minimum absolute atomic E-state index is 0.0857. The molecule has 106 valence electrons. The maximum Gasteiger partial charge on any atom is 0.185 e. The largest absolute Gasteiger partial charge is 0.370 e. The molecule has 18 heavy (non-hydrogen) atoms. The van der Waals surface area contributed by atoms with Gasteiger partial charge in [-0.25, -0.2) is 0 Å². The monoisotopic (exact) mass is 254 g/mol. The molecule has 1 aliphatic rings. The van der Waals surface area contributed by atoms with Crippen LogP contribution in [-0.4, -0.2) is 37.0 Å². The Kier molecular flexibility index (Phi) is 5.93. The van der Waals surface area contributed by atoms with Gasteiger partial charge in [0.25, 0.3) is 0 Å². The van der Waals surface area contributed by atoms with Gasteiger partial charge in [-0.05, 0) is 43.7 Å². The SMILES string of the molecule is CC(C)(C)C1CCN(CCCCCNC(=N)N)C1. The number of likely N-dealkylation sites (tertiary alicyclic amines) is 1. The highest BCUT2D eigenvalue weighted by atomic mass is 15.1. The first kappa shape index (κ1) is 15.3. The lowest BCUT2D eigenvalue weighted by atomic mass is 9.80. The highest BCUT2D eigenvalue weighted by Gasteiger charge is 2.31. The second-order valence-electron chi connectivity index (χ2n) is 6.55. The Bertz CT molecular complexity index is 257. The van der Waals surface area contributed by atoms with E-state index in [1.807, 2.05) is 0 Å². The van der Waals surface area contributed by atoms with Crippen molar-refractivity contribution >= 4 is 5.96 Å². The molecule has 1 heterocycles. The van der Waals surface area contributed by atoms with E-state index in [0.717, 1.165) is 18.9 Å². The van der Waals surface area contributed by atoms with Gasteiger partial charge in [-0.3, -0.25) is 5.41 Å². The van der Waals surface area contributed by atoms with Crippen LogP contribution in [0.2, 0.25) is 0 Å². The molecule has 0 spiro atoms. The maximum atomic E-state index is 7.05. The van der Waals surface area contributed by atoms with Crippen molar-refractivity contribution in [3.8, 4) is 0 Å². The fourth-order valence-corrected chi connectivity index (χ4v) is 2.60. The summed E-state index contributed by atoms with van der Waals surface area (Å²) in [7, 11) is 0. The first-order valence-corrected chi connectivity index (χ1v) is 7.20. The van der Waals surface area contributed by atoms with Crippen LogP contribution in [0.3, 0.4) is 0 Å². The van der Waals surface area contributed by atoms with E-state index in [0.29, 0.717) is 5.41 Å². The second kappa shape index (κ2) is 6.98. The molecule has 0 aromatic rings. The van der Waals surface area contributed by atoms with Crippen molar-refractivity contribution in [2.24, 2.45) is 17.1 Å². The average Bonchev–Trinajstić information content (AvgIpc) is 2.71. The van der Waals surface area contributed by atoms with Crippen molar-refractivity contribution in [1.82, 2.24) is 10.2 Å². The molecule has 1 atom stereocenters. The fourth-order valence-electron chi connectivity index (χ4n) is 2.60. The predicted molar refractivity (Wildman–Crippen MR) is 77.8 cm³/mol. The van der Waals surface area contributed by atoms with Crippen molar-refractivity contribution in [2.75, 3.05) is 26.2 Å². The molecule has 4 N–H and O–H groups in total. The summed E-state index contributed by atoms with van der Waals surface area (Å²) in [5.74, 6) is 0.944. The Morgan fingerprint density at radius 3 is 2.61 bits per heavy atom. The molecular formula is C14H30N4. The molecule has 4 heteroatoms. The van der Waals surface area contributed by atoms with Gasteiger partial charge >= 0.3 is 0 Å². The third-order valence-corrected chi connectivity index (χ3v) is 3.96. The van der Waals surface area contributed by atoms with Gasteiger partial charge in [0, 0.05) is 13.1 Å². The zero-order valence-electron chi connectivity index (χ0n) is 12.3. The number of rotatable bonds is 6. The summed E-state index contributed by atoms with van der Waals surface area (Å²) in [6, 6.07) is 0. The van der Waals surface area contributed by atoms with Gasteiger partial charge in [0.15, 0.2) is 5.96 Å². The van der Waals surface area contributed by atoms with Crippen LogP contribution in [0, 0.1) is 16.7 Å². The molecule has 0 bridgehead atoms. The Labute approximate surface area is 112 Å². The average molecular weight is 254 g/mol. The Morgan fingerprint density at radius 2 is 2.06 bits per heavy atom. The van der Waals surface area contributed by atoms with Gasteiger partial charge in [0.1, 0.15) is 0 Å². The minimum atomic E-state index is 0.0857. The molecule has 1 unspecified atom stereocenters. The van der Waals surface area contributed by atoms with Gasteiger partial charge < -0.3 is 16.0 Å². The summed E-state index contributed by atoms with van der Waals surface area (Å²) in [5, 5.41) is 9.90. The van der Waals surface area contributed by atoms with E-state index in [9.17, 15) is 0 Å². The lowest BCUT2D eigenvalue weighted by molar-refractivity contribution is 0.227. The molecule has 1 fully saturated rings. The zero-order valence-corrected chi connectivity index (χ0v) is 12.3. The Hall–Kier alpha value is -0.770. The Balaban J connectivity index is 2.03. The minimum Gasteiger partial charge on any atom is -0.370 e. The quantitative estimate of drug-likeness (QED) is 0.386. The van der Waals surface area contributed by atoms with E-state index < -0.39 is 0 Å². The molecule has 0 aromatic heterocycles. The van der Waals surface area contributed by atoms with Crippen LogP contribution in [0.25, 0.3) is 0 Å². The topological polar surface area (TPSA) is 65.1 Å². The van der Waals surface area contributed by atoms with E-state index in [1.165, 1.54) is 38.9 Å². The number of nitrogens with zero attached hydrogens (tertiary/aromatic N) is 1. The molecule has 0 amide bonds. The summed E-state index contributed by atoms with van der Waals surface area (Å²) < 4.78 is 0. The van der Waals surface area contributed by atoms with Gasteiger partial charge in [-0.2, -0.15) is 0 Å². The molecule has 0 saturated carbocycles. The van der Waals surface area contributed by atoms with E-state index in [2.05, 4.69) is 31.0 Å². The molecular weight excluding hydrogens is 224 g/mol. The molecule has 1 rings (SSSR count). The Morgan fingerprint density at radius 1 is 1.33 bits per heavy atom. The number of guanidine groups is 1. The number of hydrogen-bond donors (Lipinski definition) is 3. The zero-order chi connectivity index (χ0) is 13.6. The lowest BCUT2D eigenvalue weighted by Crippen LogP contribution is -2.31. The van der Waals surface area contributed by atoms with Gasteiger partial charge in [-0.15, -0.1) is 0 Å². The standard InChI is InChI=1S/C14H30N4/c1-14(2,3)12-7-10-18(11-12)9-6-4-5-8-17-13(15)16/h12H,4-11H2,1-3H3,(H4,15,16,17). The molecule has 1 aliphatic heterocycles. The molecule has 1 saturated heterocycles. The van der Waals surface area contributed by atoms with E-state index in [1.54, 1.807) is 0 Å². The lowest BCUT2D eigenvalue weighted by Gasteiger charge is -2.27. The third-order valence-electron chi connectivity index (χ3n) is 3.96. The van der Waals surface area contributed by atoms with Crippen LogP contribution in [0.4, 0.5) is 0 Å². The predicted octanol–water partition coefficient (Wildman–Crippen LogP) is 2.01. The normalized spacial score (nSPS) is 21.2. The number of hydrogen-bond acceptors (Lipinski definition) is 2. The van der Waals surface area contributed by atoms with Gasteiger partial charge in [0.2, 0.25) is 0 Å². The van der Waals surface area contributed by atoms with Gasteiger partial charge in [-0.1, -0.05) is 27.2 Å². The van der Waals surface area contributed by atoms with Crippen molar-refractivity contribution in [3.63, 3.8) is 0 Å². The van der Waals surface area contributed by atoms with Crippen LogP contribution in [0.1, 0.15) is 46.5 Å². The second-order valence-corrected chi connectivity index (χ2v) is 6.55. The summed E-state index contributed by atoms with van der Waals surface area (Å²) in [6.07, 6.45) is 4.94. The van der Waals surface area contributed by atoms with Crippen molar-refractivity contribution in [3.05, 3.63) is 0 Å². The first-order chi connectivity index (χ1) is 8.39. The summed E-state index contributed by atoms with van der Waals surface area (Å²) >= 11 is 0. The van der Waals surface area contributed by atoms with Crippen LogP contribution >= 0.6 is 0 Å². The molecule has 0 aliphatic carbocycles. The van der Waals surface area contributed by atoms with Crippen molar-refractivity contribution in [1.29, 1.82) is 5.41 Å². The number of nitrogens with two attached hydrogens (primary N) is 1. The summed E-state index contributed by atoms with van der Waals surface area (Å²) in [6.45, 7) is 11.7. The van der Waals surface area contributed by atoms with Crippen molar-refractivity contribution in [2.45, 2.75) is 46.5 Å². The third kappa shape index (κ3) is 5.71. The summed E-state index contributed by atoms with van der Waals surface area (Å²) in [4.78, 5) is 2.61. The molecule has 4 nitrogen and oxygen atoms in total.